The van der Waals surface area contributed by atoms with Gasteiger partial charge in [0.1, 0.15) is 17.7 Å². The summed E-state index contributed by atoms with van der Waals surface area (Å²) in [7, 11) is 2.09. The fourth-order valence-electron chi connectivity index (χ4n) is 5.39. The maximum atomic E-state index is 16.3. The van der Waals surface area contributed by atoms with Gasteiger partial charge in [0.15, 0.2) is 16.8 Å². The van der Waals surface area contributed by atoms with Crippen LogP contribution in [-0.2, 0) is 4.79 Å². The number of amides is 1. The van der Waals surface area contributed by atoms with Gasteiger partial charge in [0.2, 0.25) is 5.91 Å². The Labute approximate surface area is 233 Å². The number of hydrogen-bond donors (Lipinski definition) is 3. The van der Waals surface area contributed by atoms with Gasteiger partial charge in [0.25, 0.3) is 0 Å². The number of carbonyl (C=O) groups is 1. The van der Waals surface area contributed by atoms with E-state index in [1.807, 2.05) is 30.3 Å². The van der Waals surface area contributed by atoms with Gasteiger partial charge in [-0.2, -0.15) is 0 Å². The number of nitrogens with two attached hydrogens (primary N) is 1. The summed E-state index contributed by atoms with van der Waals surface area (Å²) in [5, 5.41) is 6.25. The first-order valence-electron chi connectivity index (χ1n) is 13.6. The molecule has 206 valence electrons. The van der Waals surface area contributed by atoms with Crippen molar-refractivity contribution in [2.24, 2.45) is 5.92 Å². The molecular formula is C29H35ClFN7O. The van der Waals surface area contributed by atoms with Crippen molar-refractivity contribution < 1.29 is 9.18 Å². The van der Waals surface area contributed by atoms with Gasteiger partial charge in [-0.25, -0.2) is 14.4 Å². The van der Waals surface area contributed by atoms with Gasteiger partial charge in [0.05, 0.1) is 5.69 Å². The Bertz CT molecular complexity index is 1310. The van der Waals surface area contributed by atoms with Crippen LogP contribution >= 0.6 is 11.6 Å². The van der Waals surface area contributed by atoms with Gasteiger partial charge in [-0.15, -0.1) is 0 Å². The van der Waals surface area contributed by atoms with Crippen LogP contribution in [0, 0.1) is 11.7 Å². The van der Waals surface area contributed by atoms with Gasteiger partial charge < -0.3 is 26.2 Å². The summed E-state index contributed by atoms with van der Waals surface area (Å²) < 4.78 is 16.3. The smallest absolute Gasteiger partial charge is 0.227 e. The third-order valence-corrected chi connectivity index (χ3v) is 8.00. The third kappa shape index (κ3) is 6.25. The van der Waals surface area contributed by atoms with E-state index in [1.54, 1.807) is 6.07 Å². The zero-order chi connectivity index (χ0) is 27.4. The van der Waals surface area contributed by atoms with E-state index in [9.17, 15) is 4.79 Å². The van der Waals surface area contributed by atoms with E-state index in [-0.39, 0.29) is 34.2 Å². The number of carbonyl (C=O) groups excluding carboxylic acids is 1. The summed E-state index contributed by atoms with van der Waals surface area (Å²) in [6.45, 7) is 3.42. The van der Waals surface area contributed by atoms with Crippen LogP contribution in [0.15, 0.2) is 42.7 Å². The minimum atomic E-state index is -0.418. The lowest BCUT2D eigenvalue weighted by atomic mass is 9.88. The number of halogens is 2. The molecule has 4 N–H and O–H groups in total. The van der Waals surface area contributed by atoms with E-state index >= 15 is 4.39 Å². The quantitative estimate of drug-likeness (QED) is 0.327. The standard InChI is InChI=1S/C29H35ClFN7O/c1-37-14-5-15-38(17-16-37)23-13-12-22(24(31)26(23)36-28-25(32)27(30)33-18-34-28)19-8-10-21(11-9-19)35-29(39)20-6-3-2-4-7-20/h8-13,18,20H,2-7,14-17,32H2,1H3,(H,35,39)(H,33,34,36). The van der Waals surface area contributed by atoms with Crippen molar-refractivity contribution in [2.45, 2.75) is 38.5 Å². The Morgan fingerprint density at radius 1 is 1.00 bits per heavy atom. The maximum absolute atomic E-state index is 16.3. The second-order valence-electron chi connectivity index (χ2n) is 10.4. The molecule has 1 saturated carbocycles. The van der Waals surface area contributed by atoms with Crippen LogP contribution in [0.25, 0.3) is 11.1 Å². The van der Waals surface area contributed by atoms with E-state index in [0.717, 1.165) is 64.0 Å². The van der Waals surface area contributed by atoms with Crippen molar-refractivity contribution >= 4 is 46.1 Å². The van der Waals surface area contributed by atoms with Gasteiger partial charge in [-0.1, -0.05) is 43.0 Å². The van der Waals surface area contributed by atoms with Crippen LogP contribution in [0.1, 0.15) is 38.5 Å². The van der Waals surface area contributed by atoms with Gasteiger partial charge >= 0.3 is 0 Å². The van der Waals surface area contributed by atoms with Crippen molar-refractivity contribution in [3.05, 3.63) is 53.7 Å². The summed E-state index contributed by atoms with van der Waals surface area (Å²) >= 11 is 6.12. The molecule has 8 nitrogen and oxygen atoms in total. The Morgan fingerprint density at radius 2 is 1.77 bits per heavy atom. The molecule has 2 heterocycles. The van der Waals surface area contributed by atoms with Gasteiger partial charge in [-0.05, 0) is 62.7 Å². The lowest BCUT2D eigenvalue weighted by molar-refractivity contribution is -0.120. The predicted molar refractivity (Wildman–Crippen MR) is 156 cm³/mol. The van der Waals surface area contributed by atoms with Gasteiger partial charge in [-0.3, -0.25) is 4.79 Å². The van der Waals surface area contributed by atoms with Crippen LogP contribution < -0.4 is 21.3 Å². The molecule has 1 amide bonds. The lowest BCUT2D eigenvalue weighted by Gasteiger charge is -2.27. The first-order valence-corrected chi connectivity index (χ1v) is 14.0. The minimum absolute atomic E-state index is 0.0636. The second kappa shape index (κ2) is 12.2. The molecular weight excluding hydrogens is 517 g/mol. The number of hydrogen-bond acceptors (Lipinski definition) is 7. The highest BCUT2D eigenvalue weighted by Gasteiger charge is 2.23. The largest absolute Gasteiger partial charge is 0.393 e. The number of nitrogen functional groups attached to an aromatic ring is 1. The Morgan fingerprint density at radius 3 is 2.54 bits per heavy atom. The molecule has 5 rings (SSSR count). The van der Waals surface area contributed by atoms with E-state index < -0.39 is 5.82 Å². The van der Waals surface area contributed by atoms with Gasteiger partial charge in [0, 0.05) is 36.8 Å². The first kappa shape index (κ1) is 27.1. The Balaban J connectivity index is 1.45. The monoisotopic (exact) mass is 551 g/mol. The number of nitrogens with zero attached hydrogens (tertiary/aromatic N) is 4. The highest BCUT2D eigenvalue weighted by Crippen LogP contribution is 2.39. The van der Waals surface area contributed by atoms with Crippen LogP contribution in [0.5, 0.6) is 0 Å². The summed E-state index contributed by atoms with van der Waals surface area (Å²) in [5.74, 6) is -0.0366. The Hall–Kier alpha value is -3.43. The highest BCUT2D eigenvalue weighted by molar-refractivity contribution is 6.32. The maximum Gasteiger partial charge on any atom is 0.227 e. The van der Waals surface area contributed by atoms with Crippen LogP contribution in [-0.4, -0.2) is 54.0 Å². The lowest BCUT2D eigenvalue weighted by Crippen LogP contribution is -2.29. The molecule has 39 heavy (non-hydrogen) atoms. The number of rotatable bonds is 6. The fraction of sp³-hybridized carbons (Fsp3) is 0.414. The molecule has 3 aromatic rings. The van der Waals surface area contributed by atoms with Crippen molar-refractivity contribution in [3.63, 3.8) is 0 Å². The van der Waals surface area contributed by atoms with Crippen LogP contribution in [0.4, 0.5) is 33.0 Å². The molecule has 1 aromatic heterocycles. The van der Waals surface area contributed by atoms with Crippen LogP contribution in [0.3, 0.4) is 0 Å². The molecule has 1 saturated heterocycles. The van der Waals surface area contributed by atoms with Crippen molar-refractivity contribution in [1.29, 1.82) is 0 Å². The molecule has 1 aliphatic carbocycles. The molecule has 10 heteroatoms. The third-order valence-electron chi connectivity index (χ3n) is 7.70. The van der Waals surface area contributed by atoms with E-state index in [2.05, 4.69) is 37.4 Å². The molecule has 0 radical (unpaired) electrons. The molecule has 2 aromatic carbocycles. The normalized spacial score (nSPS) is 17.1. The number of anilines is 5. The number of likely N-dealkylation sites (N-methyl/N-ethyl adjacent to an activating group) is 1. The fourth-order valence-corrected chi connectivity index (χ4v) is 5.53. The summed E-state index contributed by atoms with van der Waals surface area (Å²) in [6, 6.07) is 11.0. The topological polar surface area (TPSA) is 99.4 Å². The van der Waals surface area contributed by atoms with Crippen molar-refractivity contribution in [3.8, 4) is 11.1 Å². The summed E-state index contributed by atoms with van der Waals surface area (Å²) in [6.07, 6.45) is 7.54. The minimum Gasteiger partial charge on any atom is -0.393 e. The number of aromatic nitrogens is 2. The molecule has 0 spiro atoms. The zero-order valence-corrected chi connectivity index (χ0v) is 23.0. The molecule has 0 atom stereocenters. The zero-order valence-electron chi connectivity index (χ0n) is 22.2. The number of nitrogens with one attached hydrogen (secondary N) is 2. The molecule has 2 aliphatic rings. The van der Waals surface area contributed by atoms with Crippen LogP contribution in [0.2, 0.25) is 5.15 Å². The highest BCUT2D eigenvalue weighted by atomic mass is 35.5. The predicted octanol–water partition coefficient (Wildman–Crippen LogP) is 5.92. The molecule has 0 bridgehead atoms. The SMILES string of the molecule is CN1CCCN(c2ccc(-c3ccc(NC(=O)C4CCCCC4)cc3)c(F)c2Nc2ncnc(Cl)c2N)CC1. The average molecular weight is 552 g/mol. The Kier molecular flexibility index (Phi) is 8.47. The van der Waals surface area contributed by atoms with E-state index in [0.29, 0.717) is 16.8 Å². The molecule has 1 aliphatic heterocycles. The van der Waals surface area contributed by atoms with Crippen molar-refractivity contribution in [1.82, 2.24) is 14.9 Å². The summed E-state index contributed by atoms with van der Waals surface area (Å²) in [5.41, 5.74) is 9.12. The molecule has 0 unspecified atom stereocenters. The van der Waals surface area contributed by atoms with E-state index in [4.69, 9.17) is 17.3 Å². The van der Waals surface area contributed by atoms with Crippen molar-refractivity contribution in [2.75, 3.05) is 54.5 Å². The van der Waals surface area contributed by atoms with E-state index in [1.165, 1.54) is 12.7 Å². The average Bonchev–Trinajstić information content (AvgIpc) is 3.17. The first-order chi connectivity index (χ1) is 18.9. The molecule has 2 fully saturated rings. The summed E-state index contributed by atoms with van der Waals surface area (Å²) in [4.78, 5) is 25.2. The second-order valence-corrected chi connectivity index (χ2v) is 10.8. The number of benzene rings is 2.